The van der Waals surface area contributed by atoms with Crippen LogP contribution in [0.15, 0.2) is 6.07 Å². The van der Waals surface area contributed by atoms with Gasteiger partial charge in [0, 0.05) is 11.4 Å². The van der Waals surface area contributed by atoms with E-state index in [1.54, 1.807) is 0 Å². The van der Waals surface area contributed by atoms with Crippen LogP contribution in [0.5, 0.6) is 0 Å². The first-order valence-electron chi connectivity index (χ1n) is 4.13. The molecule has 0 aliphatic rings. The van der Waals surface area contributed by atoms with Crippen LogP contribution in [-0.4, -0.2) is 22.3 Å². The minimum absolute atomic E-state index is 0.0720. The number of hydrogen-bond acceptors (Lipinski definition) is 4. The molecule has 0 aliphatic carbocycles. The van der Waals surface area contributed by atoms with Gasteiger partial charge in [0.2, 0.25) is 5.95 Å². The predicted molar refractivity (Wildman–Crippen MR) is 50.7 cm³/mol. The smallest absolute Gasteiger partial charge is 0.223 e. The summed E-state index contributed by atoms with van der Waals surface area (Å²) in [5.41, 5.74) is 1.80. The van der Waals surface area contributed by atoms with E-state index in [0.29, 0.717) is 5.95 Å². The van der Waals surface area contributed by atoms with E-state index in [0.717, 1.165) is 11.4 Å². The average Bonchev–Trinajstić information content (AvgIpc) is 1.99. The Morgan fingerprint density at radius 1 is 1.38 bits per heavy atom. The lowest BCUT2D eigenvalue weighted by Gasteiger charge is -2.03. The van der Waals surface area contributed by atoms with Crippen LogP contribution in [0.1, 0.15) is 18.3 Å². The molecule has 0 atom stereocenters. The zero-order valence-corrected chi connectivity index (χ0v) is 8.09. The molecule has 0 radical (unpaired) electrons. The third-order valence-corrected chi connectivity index (χ3v) is 1.48. The maximum absolute atomic E-state index is 10.7. The standard InChI is InChI=1S/C9H13N3O/c1-6-4-7(2)12-9(11-6)10-5-8(3)13/h4H,5H2,1-3H3,(H,10,11,12). The molecule has 13 heavy (non-hydrogen) atoms. The van der Waals surface area contributed by atoms with Gasteiger partial charge in [-0.3, -0.25) is 4.79 Å². The molecule has 4 heteroatoms. The number of ketones is 1. The van der Waals surface area contributed by atoms with Gasteiger partial charge in [-0.1, -0.05) is 0 Å². The fourth-order valence-electron chi connectivity index (χ4n) is 1.01. The van der Waals surface area contributed by atoms with Crippen molar-refractivity contribution in [3.63, 3.8) is 0 Å². The summed E-state index contributed by atoms with van der Waals surface area (Å²) in [6.45, 7) is 5.60. The molecule has 0 saturated heterocycles. The molecule has 0 unspecified atom stereocenters. The number of carbonyl (C=O) groups is 1. The van der Waals surface area contributed by atoms with E-state index in [1.807, 2.05) is 19.9 Å². The number of anilines is 1. The number of nitrogens with one attached hydrogen (secondary N) is 1. The number of aromatic nitrogens is 2. The molecule has 0 spiro atoms. The molecule has 0 saturated carbocycles. The van der Waals surface area contributed by atoms with Crippen molar-refractivity contribution in [1.29, 1.82) is 0 Å². The second-order valence-corrected chi connectivity index (χ2v) is 3.03. The monoisotopic (exact) mass is 179 g/mol. The van der Waals surface area contributed by atoms with Gasteiger partial charge >= 0.3 is 0 Å². The molecule has 0 bridgehead atoms. The molecule has 0 amide bonds. The van der Waals surface area contributed by atoms with Gasteiger partial charge in [0.05, 0.1) is 6.54 Å². The van der Waals surface area contributed by atoms with Crippen LogP contribution in [0, 0.1) is 13.8 Å². The largest absolute Gasteiger partial charge is 0.347 e. The summed E-state index contributed by atoms with van der Waals surface area (Å²) in [7, 11) is 0. The van der Waals surface area contributed by atoms with Crippen molar-refractivity contribution in [1.82, 2.24) is 9.97 Å². The number of hydrogen-bond donors (Lipinski definition) is 1. The van der Waals surface area contributed by atoms with Crippen molar-refractivity contribution >= 4 is 11.7 Å². The zero-order valence-electron chi connectivity index (χ0n) is 8.09. The molecular formula is C9H13N3O. The summed E-state index contributed by atoms with van der Waals surface area (Å²) in [6, 6.07) is 1.89. The summed E-state index contributed by atoms with van der Waals surface area (Å²) < 4.78 is 0. The molecule has 0 aliphatic heterocycles. The number of carbonyl (C=O) groups excluding carboxylic acids is 1. The molecule has 1 N–H and O–H groups in total. The summed E-state index contributed by atoms with van der Waals surface area (Å²) in [4.78, 5) is 18.9. The van der Waals surface area contributed by atoms with E-state index in [2.05, 4.69) is 15.3 Å². The van der Waals surface area contributed by atoms with Crippen LogP contribution < -0.4 is 5.32 Å². The van der Waals surface area contributed by atoms with Crippen molar-refractivity contribution in [2.75, 3.05) is 11.9 Å². The molecule has 1 heterocycles. The number of nitrogens with zero attached hydrogens (tertiary/aromatic N) is 2. The summed E-state index contributed by atoms with van der Waals surface area (Å²) in [5, 5.41) is 2.85. The van der Waals surface area contributed by atoms with E-state index < -0.39 is 0 Å². The first-order chi connectivity index (χ1) is 6.08. The summed E-state index contributed by atoms with van der Waals surface area (Å²) in [6.07, 6.45) is 0. The fraction of sp³-hybridized carbons (Fsp3) is 0.444. The second-order valence-electron chi connectivity index (χ2n) is 3.03. The Morgan fingerprint density at radius 3 is 2.38 bits per heavy atom. The van der Waals surface area contributed by atoms with Gasteiger partial charge in [0.15, 0.2) is 0 Å². The van der Waals surface area contributed by atoms with Gasteiger partial charge < -0.3 is 5.32 Å². The normalized spacial score (nSPS) is 9.77. The fourth-order valence-corrected chi connectivity index (χ4v) is 1.01. The molecule has 1 rings (SSSR count). The van der Waals surface area contributed by atoms with E-state index in [-0.39, 0.29) is 12.3 Å². The zero-order chi connectivity index (χ0) is 9.84. The van der Waals surface area contributed by atoms with Crippen molar-refractivity contribution in [3.8, 4) is 0 Å². The molecule has 70 valence electrons. The molecule has 4 nitrogen and oxygen atoms in total. The van der Waals surface area contributed by atoms with Gasteiger partial charge in [-0.15, -0.1) is 0 Å². The molecule has 0 aromatic carbocycles. The first kappa shape index (κ1) is 9.64. The molecule has 0 fully saturated rings. The topological polar surface area (TPSA) is 54.9 Å². The third-order valence-electron chi connectivity index (χ3n) is 1.48. The Hall–Kier alpha value is -1.45. The lowest BCUT2D eigenvalue weighted by Crippen LogP contribution is -2.12. The van der Waals surface area contributed by atoms with Crippen LogP contribution >= 0.6 is 0 Å². The molecule has 1 aromatic heterocycles. The highest BCUT2D eigenvalue weighted by atomic mass is 16.1. The van der Waals surface area contributed by atoms with E-state index in [9.17, 15) is 4.79 Å². The third kappa shape index (κ3) is 3.19. The van der Waals surface area contributed by atoms with E-state index in [4.69, 9.17) is 0 Å². The number of rotatable bonds is 3. The number of aryl methyl sites for hydroxylation is 2. The van der Waals surface area contributed by atoms with Gasteiger partial charge in [-0.25, -0.2) is 9.97 Å². The maximum atomic E-state index is 10.7. The van der Waals surface area contributed by atoms with Gasteiger partial charge in [-0.2, -0.15) is 0 Å². The Balaban J connectivity index is 2.71. The van der Waals surface area contributed by atoms with Gasteiger partial charge in [0.25, 0.3) is 0 Å². The second kappa shape index (κ2) is 3.98. The van der Waals surface area contributed by atoms with Crippen LogP contribution in [0.3, 0.4) is 0 Å². The first-order valence-corrected chi connectivity index (χ1v) is 4.13. The highest BCUT2D eigenvalue weighted by Crippen LogP contribution is 2.02. The lowest BCUT2D eigenvalue weighted by atomic mass is 10.3. The van der Waals surface area contributed by atoms with E-state index in [1.165, 1.54) is 6.92 Å². The lowest BCUT2D eigenvalue weighted by molar-refractivity contribution is -0.115. The summed E-state index contributed by atoms with van der Waals surface area (Å²) >= 11 is 0. The SMILES string of the molecule is CC(=O)CNc1nc(C)cc(C)n1. The number of Topliss-reactive ketones (excluding diaryl/α,β-unsaturated/α-hetero) is 1. The Morgan fingerprint density at radius 2 is 1.92 bits per heavy atom. The van der Waals surface area contributed by atoms with Crippen molar-refractivity contribution in [2.45, 2.75) is 20.8 Å². The Bertz CT molecular complexity index is 302. The highest BCUT2D eigenvalue weighted by Gasteiger charge is 1.99. The maximum Gasteiger partial charge on any atom is 0.223 e. The van der Waals surface area contributed by atoms with Crippen LogP contribution in [-0.2, 0) is 4.79 Å². The highest BCUT2D eigenvalue weighted by molar-refractivity contribution is 5.79. The minimum Gasteiger partial charge on any atom is -0.347 e. The quantitative estimate of drug-likeness (QED) is 0.754. The average molecular weight is 179 g/mol. The van der Waals surface area contributed by atoms with Crippen molar-refractivity contribution < 1.29 is 4.79 Å². The minimum atomic E-state index is 0.0720. The van der Waals surface area contributed by atoms with Crippen LogP contribution in [0.4, 0.5) is 5.95 Å². The van der Waals surface area contributed by atoms with Gasteiger partial charge in [-0.05, 0) is 26.8 Å². The van der Waals surface area contributed by atoms with E-state index >= 15 is 0 Å². The molecular weight excluding hydrogens is 166 g/mol. The Kier molecular flexibility index (Phi) is 2.95. The summed E-state index contributed by atoms with van der Waals surface area (Å²) in [5.74, 6) is 0.593. The predicted octanol–water partition coefficient (Wildman–Crippen LogP) is 1.09. The van der Waals surface area contributed by atoms with Crippen LogP contribution in [0.2, 0.25) is 0 Å². The van der Waals surface area contributed by atoms with Gasteiger partial charge in [0.1, 0.15) is 5.78 Å². The Labute approximate surface area is 77.4 Å². The van der Waals surface area contributed by atoms with Crippen molar-refractivity contribution in [2.24, 2.45) is 0 Å². The molecule has 1 aromatic rings. The van der Waals surface area contributed by atoms with Crippen LogP contribution in [0.25, 0.3) is 0 Å². The van der Waals surface area contributed by atoms with Crippen molar-refractivity contribution in [3.05, 3.63) is 17.5 Å².